The van der Waals surface area contributed by atoms with E-state index in [1.807, 2.05) is 0 Å². The van der Waals surface area contributed by atoms with Gasteiger partial charge in [0.25, 0.3) is 0 Å². The fraction of sp³-hybridized carbons (Fsp3) is 0.949. The van der Waals surface area contributed by atoms with E-state index in [4.69, 9.17) is 9.47 Å². The molecule has 44 heavy (non-hydrogen) atoms. The molecular weight excluding hydrogens is 546 g/mol. The van der Waals surface area contributed by atoms with Crippen LogP contribution in [0.3, 0.4) is 0 Å². The lowest BCUT2D eigenvalue weighted by Crippen LogP contribution is -2.27. The summed E-state index contributed by atoms with van der Waals surface area (Å²) in [6, 6.07) is 0. The summed E-state index contributed by atoms with van der Waals surface area (Å²) in [4.78, 5) is 27.9. The highest BCUT2D eigenvalue weighted by Crippen LogP contribution is 2.20. The topological polar surface area (TPSA) is 55.8 Å². The number of hydrogen-bond acceptors (Lipinski definition) is 5. The molecule has 0 aliphatic heterocycles. The molecule has 262 valence electrons. The monoisotopic (exact) mass is 624 g/mol. The molecule has 2 unspecified atom stereocenters. The molecule has 0 fully saturated rings. The van der Waals surface area contributed by atoms with Gasteiger partial charge in [0.15, 0.2) is 0 Å². The van der Waals surface area contributed by atoms with Crippen molar-refractivity contribution in [1.82, 2.24) is 4.90 Å². The third-order valence-electron chi connectivity index (χ3n) is 9.06. The van der Waals surface area contributed by atoms with Gasteiger partial charge in [-0.05, 0) is 77.4 Å². The van der Waals surface area contributed by atoms with Crippen molar-refractivity contribution in [2.75, 3.05) is 32.8 Å². The van der Waals surface area contributed by atoms with Gasteiger partial charge in [-0.1, -0.05) is 137 Å². The van der Waals surface area contributed by atoms with Gasteiger partial charge in [0.05, 0.1) is 25.0 Å². The third-order valence-corrected chi connectivity index (χ3v) is 9.06. The van der Waals surface area contributed by atoms with E-state index in [1.54, 1.807) is 0 Å². The van der Waals surface area contributed by atoms with E-state index in [-0.39, 0.29) is 23.8 Å². The van der Waals surface area contributed by atoms with Crippen LogP contribution >= 0.6 is 0 Å². The fourth-order valence-corrected chi connectivity index (χ4v) is 6.11. The molecule has 0 aliphatic carbocycles. The maximum absolute atomic E-state index is 12.6. The summed E-state index contributed by atoms with van der Waals surface area (Å²) < 4.78 is 11.4. The molecular formula is C39H77NO4. The van der Waals surface area contributed by atoms with Crippen LogP contribution in [0, 0.1) is 11.8 Å². The van der Waals surface area contributed by atoms with Crippen LogP contribution in [0.5, 0.6) is 0 Å². The number of nitrogens with zero attached hydrogens (tertiary/aromatic N) is 1. The number of rotatable bonds is 34. The van der Waals surface area contributed by atoms with Gasteiger partial charge < -0.3 is 14.4 Å². The smallest absolute Gasteiger partial charge is 0.308 e. The van der Waals surface area contributed by atoms with Crippen LogP contribution in [0.15, 0.2) is 0 Å². The fourth-order valence-electron chi connectivity index (χ4n) is 6.11. The zero-order valence-electron chi connectivity index (χ0n) is 30.4. The Morgan fingerprint density at radius 3 is 1.16 bits per heavy atom. The quantitative estimate of drug-likeness (QED) is 0.0527. The van der Waals surface area contributed by atoms with Crippen LogP contribution in [0.2, 0.25) is 0 Å². The standard InChI is InChI=1S/C39H77NO4/c1-6-11-15-21-29-36(27-13-8-3)38(41)43-34-25-19-17-23-32-40(31-10-5)33-24-18-20-26-35-44-39(42)37(28-14-9-4)30-22-16-12-7-2/h36-37H,6-35H2,1-5H3. The highest BCUT2D eigenvalue weighted by atomic mass is 16.5. The summed E-state index contributed by atoms with van der Waals surface area (Å²) in [5.74, 6) is 0.322. The molecule has 0 radical (unpaired) electrons. The first-order valence-electron chi connectivity index (χ1n) is 19.6. The number of hydrogen-bond donors (Lipinski definition) is 0. The molecule has 2 atom stereocenters. The molecule has 0 amide bonds. The van der Waals surface area contributed by atoms with Crippen LogP contribution in [0.4, 0.5) is 0 Å². The number of carbonyl (C=O) groups excluding carboxylic acids is 2. The average Bonchev–Trinajstić information content (AvgIpc) is 3.02. The van der Waals surface area contributed by atoms with Gasteiger partial charge in [0.2, 0.25) is 0 Å². The van der Waals surface area contributed by atoms with Crippen molar-refractivity contribution >= 4 is 11.9 Å². The summed E-state index contributed by atoms with van der Waals surface area (Å²) in [6.45, 7) is 15.8. The second kappa shape index (κ2) is 33.3. The van der Waals surface area contributed by atoms with E-state index < -0.39 is 0 Å². The molecule has 0 aromatic rings. The van der Waals surface area contributed by atoms with Crippen molar-refractivity contribution in [1.29, 1.82) is 0 Å². The van der Waals surface area contributed by atoms with E-state index in [0.717, 1.165) is 89.9 Å². The summed E-state index contributed by atoms with van der Waals surface area (Å²) in [6.07, 6.45) is 28.6. The summed E-state index contributed by atoms with van der Waals surface area (Å²) in [5.41, 5.74) is 0. The number of carbonyl (C=O) groups is 2. The molecule has 0 rings (SSSR count). The van der Waals surface area contributed by atoms with Crippen LogP contribution in [-0.4, -0.2) is 49.7 Å². The van der Waals surface area contributed by atoms with E-state index in [0.29, 0.717) is 13.2 Å². The Bertz CT molecular complexity index is 575. The van der Waals surface area contributed by atoms with E-state index in [9.17, 15) is 9.59 Å². The molecule has 0 spiro atoms. The Hall–Kier alpha value is -1.10. The van der Waals surface area contributed by atoms with Crippen LogP contribution in [-0.2, 0) is 19.1 Å². The highest BCUT2D eigenvalue weighted by molar-refractivity contribution is 5.72. The first kappa shape index (κ1) is 42.9. The van der Waals surface area contributed by atoms with E-state index in [1.165, 1.54) is 90.3 Å². The Morgan fingerprint density at radius 2 is 0.773 bits per heavy atom. The minimum atomic E-state index is 0.0520. The van der Waals surface area contributed by atoms with Gasteiger partial charge in [-0.2, -0.15) is 0 Å². The lowest BCUT2D eigenvalue weighted by Gasteiger charge is -2.21. The van der Waals surface area contributed by atoms with Crippen molar-refractivity contribution in [3.05, 3.63) is 0 Å². The van der Waals surface area contributed by atoms with Gasteiger partial charge in [0.1, 0.15) is 0 Å². The first-order valence-corrected chi connectivity index (χ1v) is 19.6. The van der Waals surface area contributed by atoms with E-state index >= 15 is 0 Å². The summed E-state index contributed by atoms with van der Waals surface area (Å²) in [5, 5.41) is 0. The molecule has 0 aliphatic rings. The van der Waals surface area contributed by atoms with Crippen molar-refractivity contribution in [2.24, 2.45) is 11.8 Å². The van der Waals surface area contributed by atoms with E-state index in [2.05, 4.69) is 39.5 Å². The number of esters is 2. The molecule has 0 aromatic heterocycles. The molecule has 0 aromatic carbocycles. The minimum absolute atomic E-state index is 0.0520. The Morgan fingerprint density at radius 1 is 0.409 bits per heavy atom. The Balaban J connectivity index is 4.03. The zero-order chi connectivity index (χ0) is 32.5. The maximum Gasteiger partial charge on any atom is 0.308 e. The largest absolute Gasteiger partial charge is 0.465 e. The predicted octanol–water partition coefficient (Wildman–Crippen LogP) is 11.5. The lowest BCUT2D eigenvalue weighted by atomic mass is 9.95. The number of unbranched alkanes of at least 4 members (excludes halogenated alkanes) is 14. The van der Waals surface area contributed by atoms with Crippen LogP contribution < -0.4 is 0 Å². The Kier molecular flexibility index (Phi) is 32.4. The van der Waals surface area contributed by atoms with Crippen molar-refractivity contribution in [2.45, 2.75) is 195 Å². The van der Waals surface area contributed by atoms with Crippen molar-refractivity contribution in [3.8, 4) is 0 Å². The lowest BCUT2D eigenvalue weighted by molar-refractivity contribution is -0.150. The normalized spacial score (nSPS) is 12.9. The molecule has 5 nitrogen and oxygen atoms in total. The molecule has 0 N–H and O–H groups in total. The molecule has 0 heterocycles. The average molecular weight is 624 g/mol. The molecule has 0 saturated heterocycles. The predicted molar refractivity (Wildman–Crippen MR) is 189 cm³/mol. The van der Waals surface area contributed by atoms with Crippen molar-refractivity contribution < 1.29 is 19.1 Å². The second-order valence-corrected chi connectivity index (χ2v) is 13.4. The Labute approximate surface area is 275 Å². The molecule has 0 saturated carbocycles. The van der Waals surface area contributed by atoms with Gasteiger partial charge in [-0.15, -0.1) is 0 Å². The van der Waals surface area contributed by atoms with Gasteiger partial charge in [0, 0.05) is 0 Å². The highest BCUT2D eigenvalue weighted by Gasteiger charge is 2.20. The molecule has 0 bridgehead atoms. The van der Waals surface area contributed by atoms with Crippen molar-refractivity contribution in [3.63, 3.8) is 0 Å². The SMILES string of the molecule is CCCCCCC(CCCC)C(=O)OCCCCCCN(CCC)CCCCCCOC(=O)C(CCCC)CCCCCC. The van der Waals surface area contributed by atoms with Gasteiger partial charge in [-0.25, -0.2) is 0 Å². The third kappa shape index (κ3) is 26.1. The summed E-state index contributed by atoms with van der Waals surface area (Å²) in [7, 11) is 0. The first-order chi connectivity index (χ1) is 21.5. The van der Waals surface area contributed by atoms with Gasteiger partial charge in [-0.3, -0.25) is 9.59 Å². The van der Waals surface area contributed by atoms with Gasteiger partial charge >= 0.3 is 11.9 Å². The molecule has 5 heteroatoms. The zero-order valence-corrected chi connectivity index (χ0v) is 30.4. The summed E-state index contributed by atoms with van der Waals surface area (Å²) >= 11 is 0. The van der Waals surface area contributed by atoms with Crippen LogP contribution in [0.25, 0.3) is 0 Å². The minimum Gasteiger partial charge on any atom is -0.465 e. The number of ether oxygens (including phenoxy) is 2. The second-order valence-electron chi connectivity index (χ2n) is 13.4. The maximum atomic E-state index is 12.6. The van der Waals surface area contributed by atoms with Crippen LogP contribution in [0.1, 0.15) is 195 Å².